The largest absolute Gasteiger partial charge is 0.496 e. The molecule has 12 heavy (non-hydrogen) atoms. The van der Waals surface area contributed by atoms with Gasteiger partial charge in [0.2, 0.25) is 0 Å². The number of benzene rings is 1. The molecule has 0 spiro atoms. The highest BCUT2D eigenvalue weighted by molar-refractivity contribution is 5.33. The van der Waals surface area contributed by atoms with Crippen molar-refractivity contribution in [2.24, 2.45) is 0 Å². The molecule has 0 N–H and O–H groups in total. The molecular formula is C10H12O2. The van der Waals surface area contributed by atoms with Crippen molar-refractivity contribution < 1.29 is 9.47 Å². The average Bonchev–Trinajstić information content (AvgIpc) is 2.89. The minimum atomic E-state index is 0.432. The summed E-state index contributed by atoms with van der Waals surface area (Å²) in [6, 6.07) is 8.08. The van der Waals surface area contributed by atoms with E-state index < -0.39 is 0 Å². The van der Waals surface area contributed by atoms with Gasteiger partial charge in [-0.1, -0.05) is 18.2 Å². The molecule has 1 fully saturated rings. The molecular weight excluding hydrogens is 152 g/mol. The minimum Gasteiger partial charge on any atom is -0.496 e. The summed E-state index contributed by atoms with van der Waals surface area (Å²) < 4.78 is 10.4. The number of hydrogen-bond donors (Lipinski definition) is 0. The van der Waals surface area contributed by atoms with E-state index in [1.807, 2.05) is 18.2 Å². The Morgan fingerprint density at radius 3 is 2.92 bits per heavy atom. The Morgan fingerprint density at radius 2 is 2.25 bits per heavy atom. The molecule has 1 aromatic carbocycles. The molecule has 0 aliphatic carbocycles. The molecule has 64 valence electrons. The zero-order chi connectivity index (χ0) is 8.39. The predicted octanol–water partition coefficient (Wildman–Crippen LogP) is 1.64. The number of methoxy groups -OCH3 is 1. The molecule has 1 heterocycles. The van der Waals surface area contributed by atoms with E-state index in [1.165, 1.54) is 5.56 Å². The normalized spacial score (nSPS) is 20.6. The molecule has 1 atom stereocenters. The number of para-hydroxylation sites is 1. The van der Waals surface area contributed by atoms with Crippen LogP contribution in [0.1, 0.15) is 5.56 Å². The van der Waals surface area contributed by atoms with Crippen LogP contribution < -0.4 is 4.74 Å². The predicted molar refractivity (Wildman–Crippen MR) is 46.4 cm³/mol. The van der Waals surface area contributed by atoms with Gasteiger partial charge in [-0.3, -0.25) is 0 Å². The number of ether oxygens (including phenoxy) is 2. The van der Waals surface area contributed by atoms with Crippen molar-refractivity contribution in [3.8, 4) is 5.75 Å². The van der Waals surface area contributed by atoms with Crippen LogP contribution in [0.15, 0.2) is 24.3 Å². The third kappa shape index (κ3) is 1.59. The van der Waals surface area contributed by atoms with Crippen LogP contribution in [0.2, 0.25) is 0 Å². The van der Waals surface area contributed by atoms with E-state index in [9.17, 15) is 0 Å². The van der Waals surface area contributed by atoms with Crippen molar-refractivity contribution >= 4 is 0 Å². The zero-order valence-corrected chi connectivity index (χ0v) is 7.12. The van der Waals surface area contributed by atoms with Gasteiger partial charge in [-0.2, -0.15) is 0 Å². The molecule has 0 bridgehead atoms. The molecule has 2 heteroatoms. The van der Waals surface area contributed by atoms with Gasteiger partial charge < -0.3 is 9.47 Å². The van der Waals surface area contributed by atoms with Gasteiger partial charge in [0.15, 0.2) is 0 Å². The fourth-order valence-electron chi connectivity index (χ4n) is 1.30. The molecule has 2 nitrogen and oxygen atoms in total. The van der Waals surface area contributed by atoms with Crippen LogP contribution in [-0.2, 0) is 11.2 Å². The lowest BCUT2D eigenvalue weighted by molar-refractivity contribution is 0.391. The van der Waals surface area contributed by atoms with E-state index in [0.29, 0.717) is 6.10 Å². The van der Waals surface area contributed by atoms with Crippen LogP contribution in [0.3, 0.4) is 0 Å². The fourth-order valence-corrected chi connectivity index (χ4v) is 1.30. The summed E-state index contributed by atoms with van der Waals surface area (Å²) in [5.74, 6) is 0.966. The molecule has 0 unspecified atom stereocenters. The summed E-state index contributed by atoms with van der Waals surface area (Å²) in [5.41, 5.74) is 1.24. The number of rotatable bonds is 3. The first-order valence-corrected chi connectivity index (χ1v) is 4.13. The second kappa shape index (κ2) is 3.15. The first kappa shape index (κ1) is 7.62. The summed E-state index contributed by atoms with van der Waals surface area (Å²) in [6.45, 7) is 0.901. The Kier molecular flexibility index (Phi) is 2.00. The quantitative estimate of drug-likeness (QED) is 0.633. The van der Waals surface area contributed by atoms with Crippen LogP contribution in [0.5, 0.6) is 5.75 Å². The van der Waals surface area contributed by atoms with Crippen molar-refractivity contribution in [1.29, 1.82) is 0 Å². The maximum absolute atomic E-state index is 5.22. The monoisotopic (exact) mass is 164 g/mol. The highest BCUT2D eigenvalue weighted by atomic mass is 16.6. The Labute approximate surface area is 72.1 Å². The number of epoxide rings is 1. The van der Waals surface area contributed by atoms with Gasteiger partial charge in [-0.25, -0.2) is 0 Å². The summed E-state index contributed by atoms with van der Waals surface area (Å²) in [6.07, 6.45) is 1.41. The summed E-state index contributed by atoms with van der Waals surface area (Å²) in [7, 11) is 1.70. The van der Waals surface area contributed by atoms with Crippen molar-refractivity contribution in [3.63, 3.8) is 0 Å². The Hall–Kier alpha value is -1.02. The molecule has 2 rings (SSSR count). The topological polar surface area (TPSA) is 21.8 Å². The molecule has 0 saturated carbocycles. The average molecular weight is 164 g/mol. The van der Waals surface area contributed by atoms with Crippen molar-refractivity contribution in [1.82, 2.24) is 0 Å². The second-order valence-corrected chi connectivity index (χ2v) is 2.97. The van der Waals surface area contributed by atoms with Crippen molar-refractivity contribution in [2.45, 2.75) is 12.5 Å². The van der Waals surface area contributed by atoms with E-state index in [4.69, 9.17) is 9.47 Å². The van der Waals surface area contributed by atoms with Gasteiger partial charge in [-0.15, -0.1) is 0 Å². The molecule has 0 aromatic heterocycles. The zero-order valence-electron chi connectivity index (χ0n) is 7.12. The van der Waals surface area contributed by atoms with Crippen LogP contribution in [0, 0.1) is 0 Å². The molecule has 1 aliphatic rings. The highest BCUT2D eigenvalue weighted by Gasteiger charge is 2.23. The Balaban J connectivity index is 2.15. The molecule has 1 aromatic rings. The maximum atomic E-state index is 5.22. The van der Waals surface area contributed by atoms with Gasteiger partial charge >= 0.3 is 0 Å². The Bertz CT molecular complexity index is 266. The fraction of sp³-hybridized carbons (Fsp3) is 0.400. The highest BCUT2D eigenvalue weighted by Crippen LogP contribution is 2.23. The van der Waals surface area contributed by atoms with E-state index >= 15 is 0 Å². The lowest BCUT2D eigenvalue weighted by Crippen LogP contribution is -1.96. The van der Waals surface area contributed by atoms with E-state index in [0.717, 1.165) is 18.8 Å². The lowest BCUT2D eigenvalue weighted by atomic mass is 10.1. The maximum Gasteiger partial charge on any atom is 0.122 e. The third-order valence-electron chi connectivity index (χ3n) is 2.04. The van der Waals surface area contributed by atoms with Crippen LogP contribution >= 0.6 is 0 Å². The summed E-state index contributed by atoms with van der Waals surface area (Å²) >= 11 is 0. The molecule has 0 amide bonds. The van der Waals surface area contributed by atoms with Crippen LogP contribution in [-0.4, -0.2) is 19.8 Å². The summed E-state index contributed by atoms with van der Waals surface area (Å²) in [5, 5.41) is 0. The van der Waals surface area contributed by atoms with Crippen molar-refractivity contribution in [3.05, 3.63) is 29.8 Å². The van der Waals surface area contributed by atoms with Crippen LogP contribution in [0.4, 0.5) is 0 Å². The van der Waals surface area contributed by atoms with Gasteiger partial charge in [0.05, 0.1) is 19.8 Å². The van der Waals surface area contributed by atoms with Gasteiger partial charge in [0, 0.05) is 6.42 Å². The van der Waals surface area contributed by atoms with E-state index in [1.54, 1.807) is 7.11 Å². The molecule has 1 saturated heterocycles. The van der Waals surface area contributed by atoms with Gasteiger partial charge in [0.1, 0.15) is 5.75 Å². The van der Waals surface area contributed by atoms with E-state index in [-0.39, 0.29) is 0 Å². The SMILES string of the molecule is COc1ccccc1C[C@@H]1CO1. The molecule has 1 aliphatic heterocycles. The first-order chi connectivity index (χ1) is 5.90. The van der Waals surface area contributed by atoms with Gasteiger partial charge in [-0.05, 0) is 11.6 Å². The third-order valence-corrected chi connectivity index (χ3v) is 2.04. The Morgan fingerprint density at radius 1 is 1.50 bits per heavy atom. The lowest BCUT2D eigenvalue weighted by Gasteiger charge is -2.05. The molecule has 0 radical (unpaired) electrons. The number of hydrogen-bond acceptors (Lipinski definition) is 2. The van der Waals surface area contributed by atoms with E-state index in [2.05, 4.69) is 6.07 Å². The van der Waals surface area contributed by atoms with Crippen LogP contribution in [0.25, 0.3) is 0 Å². The first-order valence-electron chi connectivity index (χ1n) is 4.13. The smallest absolute Gasteiger partial charge is 0.122 e. The minimum absolute atomic E-state index is 0.432. The second-order valence-electron chi connectivity index (χ2n) is 2.97. The van der Waals surface area contributed by atoms with Crippen molar-refractivity contribution in [2.75, 3.05) is 13.7 Å². The standard InChI is InChI=1S/C10H12O2/c1-11-10-5-3-2-4-8(10)6-9-7-12-9/h2-5,9H,6-7H2,1H3/t9-/m1/s1. The summed E-state index contributed by atoms with van der Waals surface area (Å²) in [4.78, 5) is 0. The van der Waals surface area contributed by atoms with Gasteiger partial charge in [0.25, 0.3) is 0 Å².